The Hall–Kier alpha value is -5.45. The van der Waals surface area contributed by atoms with Gasteiger partial charge < -0.3 is 29.6 Å². The average molecular weight is 608 g/mol. The van der Waals surface area contributed by atoms with Gasteiger partial charge in [0, 0.05) is 69.2 Å². The van der Waals surface area contributed by atoms with Crippen LogP contribution in [0.25, 0.3) is 11.1 Å². The Morgan fingerprint density at radius 2 is 1.76 bits per heavy atom. The number of hydrogen-bond acceptors (Lipinski definition) is 7. The molecule has 1 fully saturated rings. The van der Waals surface area contributed by atoms with Gasteiger partial charge in [-0.1, -0.05) is 30.3 Å². The minimum atomic E-state index is -0.514. The second-order valence-corrected chi connectivity index (χ2v) is 11.0. The van der Waals surface area contributed by atoms with Gasteiger partial charge in [0.05, 0.1) is 11.6 Å². The summed E-state index contributed by atoms with van der Waals surface area (Å²) in [5.41, 5.74) is 2.56. The molecular formula is C34H33N5O6. The lowest BCUT2D eigenvalue weighted by molar-refractivity contribution is -0.134. The van der Waals surface area contributed by atoms with Crippen molar-refractivity contribution in [3.8, 4) is 22.6 Å². The molecule has 11 heteroatoms. The fourth-order valence-electron chi connectivity index (χ4n) is 5.46. The van der Waals surface area contributed by atoms with Crippen LogP contribution in [0.1, 0.15) is 28.8 Å². The number of pyridine rings is 2. The number of ether oxygens (including phenoxy) is 2. The SMILES string of the molecule is O=C1COc2cccc(c2)-c2cncc(c2)C(=O)N[C@@H]2CN(C(=O)CCn3ccccc3=O)CC[C@@H]2Oc2ccc(cc2)CN1. The zero-order valence-corrected chi connectivity index (χ0v) is 24.6. The van der Waals surface area contributed by atoms with E-state index < -0.39 is 12.1 Å². The van der Waals surface area contributed by atoms with Gasteiger partial charge in [-0.05, 0) is 47.5 Å². The van der Waals surface area contributed by atoms with Gasteiger partial charge in [0.25, 0.3) is 17.4 Å². The second kappa shape index (κ2) is 13.5. The molecule has 2 aromatic heterocycles. The van der Waals surface area contributed by atoms with Crippen LogP contribution in [0, 0.1) is 0 Å². The van der Waals surface area contributed by atoms with Crippen molar-refractivity contribution in [2.24, 2.45) is 0 Å². The van der Waals surface area contributed by atoms with Crippen LogP contribution < -0.4 is 25.7 Å². The van der Waals surface area contributed by atoms with Crippen molar-refractivity contribution >= 4 is 17.7 Å². The first-order valence-corrected chi connectivity index (χ1v) is 14.9. The highest BCUT2D eigenvalue weighted by atomic mass is 16.5. The van der Waals surface area contributed by atoms with Crippen LogP contribution >= 0.6 is 0 Å². The fraction of sp³-hybridized carbons (Fsp3) is 0.265. The van der Waals surface area contributed by atoms with E-state index in [4.69, 9.17) is 9.47 Å². The summed E-state index contributed by atoms with van der Waals surface area (Å²) in [6, 6.07) is 20.7. The molecule has 6 bridgehead atoms. The van der Waals surface area contributed by atoms with E-state index in [9.17, 15) is 19.2 Å². The predicted molar refractivity (Wildman–Crippen MR) is 166 cm³/mol. The molecule has 0 saturated carbocycles. The lowest BCUT2D eigenvalue weighted by Crippen LogP contribution is -2.58. The Bertz CT molecular complexity index is 1750. The molecule has 2 aromatic carbocycles. The van der Waals surface area contributed by atoms with Crippen molar-refractivity contribution in [2.45, 2.75) is 38.1 Å². The summed E-state index contributed by atoms with van der Waals surface area (Å²) in [4.78, 5) is 57.4. The largest absolute Gasteiger partial charge is 0.488 e. The molecule has 3 aliphatic heterocycles. The number of hydrogen-bond donors (Lipinski definition) is 2. The number of fused-ring (bicyclic) bond motifs is 7. The topological polar surface area (TPSA) is 132 Å². The van der Waals surface area contributed by atoms with Gasteiger partial charge in [-0.15, -0.1) is 0 Å². The van der Waals surface area contributed by atoms with E-state index in [1.165, 1.54) is 16.8 Å². The van der Waals surface area contributed by atoms with Gasteiger partial charge in [0.1, 0.15) is 17.6 Å². The lowest BCUT2D eigenvalue weighted by atomic mass is 10.00. The fourth-order valence-corrected chi connectivity index (χ4v) is 5.46. The molecule has 3 amide bonds. The average Bonchev–Trinajstić information content (AvgIpc) is 3.07. The van der Waals surface area contributed by atoms with E-state index in [1.807, 2.05) is 36.4 Å². The molecule has 7 rings (SSSR count). The summed E-state index contributed by atoms with van der Waals surface area (Å²) < 4.78 is 13.6. The normalized spacial score (nSPS) is 18.4. The third-order valence-corrected chi connectivity index (χ3v) is 7.92. The van der Waals surface area contributed by atoms with Crippen molar-refractivity contribution in [3.63, 3.8) is 0 Å². The number of likely N-dealkylation sites (tertiary alicyclic amines) is 1. The quantitative estimate of drug-likeness (QED) is 0.366. The van der Waals surface area contributed by atoms with Gasteiger partial charge in [-0.2, -0.15) is 0 Å². The molecule has 0 spiro atoms. The number of nitrogens with one attached hydrogen (secondary N) is 2. The number of nitrogens with zero attached hydrogens (tertiary/aromatic N) is 3. The first-order chi connectivity index (χ1) is 21.9. The number of carbonyl (C=O) groups is 3. The molecular weight excluding hydrogens is 574 g/mol. The summed E-state index contributed by atoms with van der Waals surface area (Å²) >= 11 is 0. The Labute approximate surface area is 259 Å². The summed E-state index contributed by atoms with van der Waals surface area (Å²) in [5.74, 6) is 0.414. The molecule has 230 valence electrons. The number of benzene rings is 2. The minimum absolute atomic E-state index is 0.109. The highest BCUT2D eigenvalue weighted by Crippen LogP contribution is 2.25. The zero-order valence-electron chi connectivity index (χ0n) is 24.6. The Morgan fingerprint density at radius 3 is 2.60 bits per heavy atom. The van der Waals surface area contributed by atoms with Crippen LogP contribution in [0.5, 0.6) is 11.5 Å². The number of piperidine rings is 1. The van der Waals surface area contributed by atoms with E-state index in [-0.39, 0.29) is 49.4 Å². The van der Waals surface area contributed by atoms with Crippen LogP contribution in [0.4, 0.5) is 0 Å². The molecule has 3 aliphatic rings. The van der Waals surface area contributed by atoms with E-state index in [1.54, 1.807) is 47.6 Å². The second-order valence-electron chi connectivity index (χ2n) is 11.0. The summed E-state index contributed by atoms with van der Waals surface area (Å²) in [5, 5.41) is 5.96. The summed E-state index contributed by atoms with van der Waals surface area (Å²) in [6.07, 6.45) is 5.05. The van der Waals surface area contributed by atoms with Gasteiger partial charge >= 0.3 is 0 Å². The van der Waals surface area contributed by atoms with Crippen molar-refractivity contribution in [1.29, 1.82) is 0 Å². The molecule has 11 nitrogen and oxygen atoms in total. The molecule has 0 aliphatic carbocycles. The number of aryl methyl sites for hydroxylation is 1. The van der Waals surface area contributed by atoms with Gasteiger partial charge in [-0.25, -0.2) is 0 Å². The van der Waals surface area contributed by atoms with Crippen molar-refractivity contribution in [1.82, 2.24) is 25.1 Å². The predicted octanol–water partition coefficient (Wildman–Crippen LogP) is 2.79. The molecule has 2 atom stereocenters. The third-order valence-electron chi connectivity index (χ3n) is 7.92. The standard InChI is InChI=1S/C34H33N5O6/c40-31-22-44-28-5-3-4-24(17-28)25-16-26(20-35-19-25)34(43)37-29-21-39(33(42)12-15-38-13-2-1-6-32(38)41)14-11-30(29)45-27-9-7-23(8-10-27)18-36-31/h1-10,13,16-17,19-20,29-30H,11-12,14-15,18,21-22H2,(H,36,40)(H,37,43)/t29-,30+/m1/s1. The smallest absolute Gasteiger partial charge is 0.258 e. The maximum Gasteiger partial charge on any atom is 0.258 e. The summed E-state index contributed by atoms with van der Waals surface area (Å²) in [7, 11) is 0. The molecule has 5 heterocycles. The van der Waals surface area contributed by atoms with E-state index in [0.29, 0.717) is 42.1 Å². The van der Waals surface area contributed by atoms with E-state index >= 15 is 0 Å². The Kier molecular flexibility index (Phi) is 8.86. The Balaban J connectivity index is 1.25. The number of rotatable bonds is 3. The van der Waals surface area contributed by atoms with Crippen LogP contribution in [0.15, 0.2) is 96.2 Å². The first kappa shape index (κ1) is 29.6. The first-order valence-electron chi connectivity index (χ1n) is 14.9. The van der Waals surface area contributed by atoms with Crippen LogP contribution in [0.3, 0.4) is 0 Å². The number of carbonyl (C=O) groups excluding carboxylic acids is 3. The van der Waals surface area contributed by atoms with Crippen LogP contribution in [0.2, 0.25) is 0 Å². The highest BCUT2D eigenvalue weighted by Gasteiger charge is 2.34. The molecule has 0 radical (unpaired) electrons. The van der Waals surface area contributed by atoms with Crippen molar-refractivity contribution < 1.29 is 23.9 Å². The highest BCUT2D eigenvalue weighted by molar-refractivity contribution is 5.95. The Morgan fingerprint density at radius 1 is 0.911 bits per heavy atom. The van der Waals surface area contributed by atoms with Gasteiger partial charge in [-0.3, -0.25) is 24.2 Å². The lowest BCUT2D eigenvalue weighted by Gasteiger charge is -2.39. The van der Waals surface area contributed by atoms with Crippen molar-refractivity contribution in [2.75, 3.05) is 19.7 Å². The maximum atomic E-state index is 13.6. The molecule has 4 aromatic rings. The zero-order chi connectivity index (χ0) is 31.2. The van der Waals surface area contributed by atoms with Crippen molar-refractivity contribution in [3.05, 3.63) is 113 Å². The van der Waals surface area contributed by atoms with Gasteiger partial charge in [0.2, 0.25) is 5.91 Å². The van der Waals surface area contributed by atoms with Crippen LogP contribution in [-0.2, 0) is 22.7 Å². The minimum Gasteiger partial charge on any atom is -0.488 e. The molecule has 45 heavy (non-hydrogen) atoms. The molecule has 1 saturated heterocycles. The summed E-state index contributed by atoms with van der Waals surface area (Å²) in [6.45, 7) is 1.14. The monoisotopic (exact) mass is 607 g/mol. The van der Waals surface area contributed by atoms with Gasteiger partial charge in [0.15, 0.2) is 6.61 Å². The molecule has 0 unspecified atom stereocenters. The van der Waals surface area contributed by atoms with E-state index in [0.717, 1.165) is 11.1 Å². The molecule has 2 N–H and O–H groups in total. The maximum absolute atomic E-state index is 13.6. The number of aromatic nitrogens is 2. The number of amides is 3. The third kappa shape index (κ3) is 7.38. The van der Waals surface area contributed by atoms with Crippen LogP contribution in [-0.4, -0.2) is 64.0 Å². The van der Waals surface area contributed by atoms with E-state index in [2.05, 4.69) is 15.6 Å².